The van der Waals surface area contributed by atoms with E-state index < -0.39 is 11.8 Å². The van der Waals surface area contributed by atoms with Crippen molar-refractivity contribution < 1.29 is 14.7 Å². The standard InChI is InChI=1S/C12H13NO3/c1-7-4-10(5-8(2)13-7)6-11(9(3)14)12(15)16/h4-6H,1-3H3,(H,15,16). The number of carbonyl (C=O) groups excluding carboxylic acids is 1. The summed E-state index contributed by atoms with van der Waals surface area (Å²) < 4.78 is 0. The summed E-state index contributed by atoms with van der Waals surface area (Å²) in [5.74, 6) is -1.67. The molecule has 16 heavy (non-hydrogen) atoms. The molecule has 1 heterocycles. The molecule has 84 valence electrons. The van der Waals surface area contributed by atoms with E-state index in [1.54, 1.807) is 12.1 Å². The van der Waals surface area contributed by atoms with Crippen LogP contribution in [0.25, 0.3) is 6.08 Å². The van der Waals surface area contributed by atoms with Crippen molar-refractivity contribution in [1.29, 1.82) is 0 Å². The number of carboxylic acids is 1. The summed E-state index contributed by atoms with van der Waals surface area (Å²) in [7, 11) is 0. The zero-order valence-electron chi connectivity index (χ0n) is 9.44. The van der Waals surface area contributed by atoms with Crippen LogP contribution in [0.3, 0.4) is 0 Å². The van der Waals surface area contributed by atoms with Gasteiger partial charge >= 0.3 is 5.97 Å². The second kappa shape index (κ2) is 4.70. The average Bonchev–Trinajstić information content (AvgIpc) is 2.11. The van der Waals surface area contributed by atoms with Crippen LogP contribution < -0.4 is 0 Å². The number of aromatic nitrogens is 1. The molecular formula is C12H13NO3. The van der Waals surface area contributed by atoms with E-state index in [9.17, 15) is 9.59 Å². The second-order valence-electron chi connectivity index (χ2n) is 3.60. The van der Waals surface area contributed by atoms with E-state index in [-0.39, 0.29) is 5.57 Å². The van der Waals surface area contributed by atoms with Crippen molar-refractivity contribution >= 4 is 17.8 Å². The smallest absolute Gasteiger partial charge is 0.339 e. The molecule has 1 aromatic heterocycles. The van der Waals surface area contributed by atoms with Gasteiger partial charge in [-0.25, -0.2) is 4.79 Å². The number of Topliss-reactive ketones (excluding diaryl/α,β-unsaturated/α-hetero) is 1. The van der Waals surface area contributed by atoms with Gasteiger partial charge in [-0.1, -0.05) is 0 Å². The Morgan fingerprint density at radius 1 is 1.25 bits per heavy atom. The van der Waals surface area contributed by atoms with E-state index in [4.69, 9.17) is 5.11 Å². The van der Waals surface area contributed by atoms with Crippen LogP contribution in [0.1, 0.15) is 23.9 Å². The highest BCUT2D eigenvalue weighted by molar-refractivity contribution is 6.19. The molecule has 0 radical (unpaired) electrons. The van der Waals surface area contributed by atoms with E-state index in [1.807, 2.05) is 13.8 Å². The van der Waals surface area contributed by atoms with Gasteiger partial charge < -0.3 is 5.11 Å². The molecule has 0 aromatic carbocycles. The predicted octanol–water partition coefficient (Wildman–Crippen LogP) is 1.76. The van der Waals surface area contributed by atoms with E-state index >= 15 is 0 Å². The topological polar surface area (TPSA) is 67.3 Å². The molecule has 0 saturated heterocycles. The van der Waals surface area contributed by atoms with Crippen molar-refractivity contribution in [2.75, 3.05) is 0 Å². The molecule has 0 amide bonds. The maximum atomic E-state index is 11.1. The van der Waals surface area contributed by atoms with Gasteiger partial charge in [0.15, 0.2) is 5.78 Å². The average molecular weight is 219 g/mol. The van der Waals surface area contributed by atoms with Gasteiger partial charge in [-0.05, 0) is 44.5 Å². The van der Waals surface area contributed by atoms with Gasteiger partial charge in [-0.2, -0.15) is 0 Å². The Morgan fingerprint density at radius 2 is 1.75 bits per heavy atom. The minimum absolute atomic E-state index is 0.218. The van der Waals surface area contributed by atoms with E-state index in [2.05, 4.69) is 4.98 Å². The minimum Gasteiger partial charge on any atom is -0.478 e. The van der Waals surface area contributed by atoms with Crippen molar-refractivity contribution in [3.8, 4) is 0 Å². The first-order valence-corrected chi connectivity index (χ1v) is 4.81. The summed E-state index contributed by atoms with van der Waals surface area (Å²) in [6.45, 7) is 4.87. The summed E-state index contributed by atoms with van der Waals surface area (Å²) >= 11 is 0. The third kappa shape index (κ3) is 3.02. The molecule has 0 fully saturated rings. The Kier molecular flexibility index (Phi) is 3.55. The third-order valence-corrected chi connectivity index (χ3v) is 2.02. The maximum absolute atomic E-state index is 11.1. The predicted molar refractivity (Wildman–Crippen MR) is 60.0 cm³/mol. The lowest BCUT2D eigenvalue weighted by Gasteiger charge is -2.01. The highest BCUT2D eigenvalue weighted by Gasteiger charge is 2.12. The van der Waals surface area contributed by atoms with Gasteiger partial charge in [-0.15, -0.1) is 0 Å². The van der Waals surface area contributed by atoms with Gasteiger partial charge in [0.25, 0.3) is 0 Å². The van der Waals surface area contributed by atoms with Crippen molar-refractivity contribution in [2.24, 2.45) is 0 Å². The molecular weight excluding hydrogens is 206 g/mol. The zero-order chi connectivity index (χ0) is 12.3. The van der Waals surface area contributed by atoms with Crippen LogP contribution in [0.15, 0.2) is 17.7 Å². The van der Waals surface area contributed by atoms with Crippen LogP contribution >= 0.6 is 0 Å². The number of carbonyl (C=O) groups is 2. The first-order valence-electron chi connectivity index (χ1n) is 4.81. The summed E-state index contributed by atoms with van der Waals surface area (Å²) in [6.07, 6.45) is 1.37. The molecule has 0 atom stereocenters. The SMILES string of the molecule is CC(=O)C(=Cc1cc(C)nc(C)c1)C(=O)O. The van der Waals surface area contributed by atoms with Gasteiger partial charge in [-0.3, -0.25) is 9.78 Å². The second-order valence-corrected chi connectivity index (χ2v) is 3.60. The summed E-state index contributed by atoms with van der Waals surface area (Å²) in [5, 5.41) is 8.84. The molecule has 0 unspecified atom stereocenters. The molecule has 0 aliphatic heterocycles. The number of rotatable bonds is 3. The lowest BCUT2D eigenvalue weighted by atomic mass is 10.1. The molecule has 4 nitrogen and oxygen atoms in total. The van der Waals surface area contributed by atoms with Crippen LogP contribution in [0.2, 0.25) is 0 Å². The van der Waals surface area contributed by atoms with E-state index in [0.717, 1.165) is 11.4 Å². The Bertz CT molecular complexity index is 439. The number of hydrogen-bond donors (Lipinski definition) is 1. The van der Waals surface area contributed by atoms with Gasteiger partial charge in [0.1, 0.15) is 5.57 Å². The van der Waals surface area contributed by atoms with Gasteiger partial charge in [0.2, 0.25) is 0 Å². The zero-order valence-corrected chi connectivity index (χ0v) is 9.44. The van der Waals surface area contributed by atoms with Crippen LogP contribution in [0, 0.1) is 13.8 Å². The van der Waals surface area contributed by atoms with Gasteiger partial charge in [0, 0.05) is 11.4 Å². The number of hydrogen-bond acceptors (Lipinski definition) is 3. The van der Waals surface area contributed by atoms with Crippen molar-refractivity contribution in [2.45, 2.75) is 20.8 Å². The number of pyridine rings is 1. The largest absolute Gasteiger partial charge is 0.478 e. The Hall–Kier alpha value is -1.97. The Morgan fingerprint density at radius 3 is 2.12 bits per heavy atom. The highest BCUT2D eigenvalue weighted by Crippen LogP contribution is 2.11. The lowest BCUT2D eigenvalue weighted by Crippen LogP contribution is -2.08. The number of ketones is 1. The molecule has 1 N–H and O–H groups in total. The first-order chi connectivity index (χ1) is 7.40. The van der Waals surface area contributed by atoms with Gasteiger partial charge in [0.05, 0.1) is 0 Å². The minimum atomic E-state index is -1.21. The molecule has 0 bridgehead atoms. The lowest BCUT2D eigenvalue weighted by molar-refractivity contribution is -0.134. The Balaban J connectivity index is 3.23. The summed E-state index contributed by atoms with van der Waals surface area (Å²) in [5.41, 5.74) is 2.04. The van der Waals surface area contributed by atoms with Crippen molar-refractivity contribution in [3.05, 3.63) is 34.7 Å². The van der Waals surface area contributed by atoms with Crippen LogP contribution in [0.5, 0.6) is 0 Å². The molecule has 0 saturated carbocycles. The molecule has 1 rings (SSSR count). The highest BCUT2D eigenvalue weighted by atomic mass is 16.4. The molecule has 0 aliphatic rings. The third-order valence-electron chi connectivity index (χ3n) is 2.02. The maximum Gasteiger partial charge on any atom is 0.339 e. The first kappa shape index (κ1) is 12.1. The van der Waals surface area contributed by atoms with Crippen molar-refractivity contribution in [1.82, 2.24) is 4.98 Å². The fourth-order valence-electron chi connectivity index (χ4n) is 1.43. The monoisotopic (exact) mass is 219 g/mol. The van der Waals surface area contributed by atoms with E-state index in [0.29, 0.717) is 5.56 Å². The fraction of sp³-hybridized carbons (Fsp3) is 0.250. The fourth-order valence-corrected chi connectivity index (χ4v) is 1.43. The quantitative estimate of drug-likeness (QED) is 0.478. The number of nitrogens with zero attached hydrogens (tertiary/aromatic N) is 1. The number of aryl methyl sites for hydroxylation is 2. The van der Waals surface area contributed by atoms with Crippen LogP contribution in [-0.2, 0) is 9.59 Å². The number of carboxylic acid groups (broad SMARTS) is 1. The number of aliphatic carboxylic acids is 1. The molecule has 0 aliphatic carbocycles. The van der Waals surface area contributed by atoms with Crippen molar-refractivity contribution in [3.63, 3.8) is 0 Å². The molecule has 1 aromatic rings. The van der Waals surface area contributed by atoms with Crippen LogP contribution in [-0.4, -0.2) is 21.8 Å². The molecule has 0 spiro atoms. The summed E-state index contributed by atoms with van der Waals surface area (Å²) in [6, 6.07) is 3.47. The van der Waals surface area contributed by atoms with Crippen LogP contribution in [0.4, 0.5) is 0 Å². The normalized spacial score (nSPS) is 11.3. The Labute approximate surface area is 93.6 Å². The van der Waals surface area contributed by atoms with E-state index in [1.165, 1.54) is 13.0 Å². The summed E-state index contributed by atoms with van der Waals surface area (Å²) in [4.78, 5) is 26.1. The molecule has 4 heteroatoms.